The molecular weight excluding hydrogens is 304 g/mol. The largest absolute Gasteiger partial charge is 0.414 e. The minimum absolute atomic E-state index is 0.0641. The van der Waals surface area contributed by atoms with Crippen molar-refractivity contribution in [2.75, 3.05) is 6.61 Å². The maximum atomic E-state index is 10.3. The third-order valence-electron chi connectivity index (χ3n) is 4.85. The van der Waals surface area contributed by atoms with Crippen LogP contribution in [-0.2, 0) is 18.6 Å². The van der Waals surface area contributed by atoms with E-state index in [0.717, 1.165) is 0 Å². The van der Waals surface area contributed by atoms with Crippen molar-refractivity contribution in [2.24, 2.45) is 0 Å². The van der Waals surface area contributed by atoms with E-state index in [2.05, 4.69) is 33.9 Å². The third-order valence-corrected chi connectivity index (χ3v) is 9.35. The van der Waals surface area contributed by atoms with Gasteiger partial charge in [0, 0.05) is 0 Å². The molecule has 0 unspecified atom stereocenters. The van der Waals surface area contributed by atoms with Gasteiger partial charge in [-0.15, -0.1) is 0 Å². The fourth-order valence-electron chi connectivity index (χ4n) is 2.44. The van der Waals surface area contributed by atoms with Gasteiger partial charge in [0.15, 0.2) is 20.4 Å². The molecule has 0 aromatic heterocycles. The van der Waals surface area contributed by atoms with Crippen molar-refractivity contribution in [3.63, 3.8) is 0 Å². The molecule has 0 radical (unpaired) electrons. The quantitative estimate of drug-likeness (QED) is 0.761. The van der Waals surface area contributed by atoms with Crippen LogP contribution in [0.1, 0.15) is 34.6 Å². The molecule has 0 amide bonds. The van der Waals surface area contributed by atoms with Crippen molar-refractivity contribution in [1.82, 2.24) is 0 Å². The summed E-state index contributed by atoms with van der Waals surface area (Å²) < 4.78 is 22.8. The molecule has 5 atom stereocenters. The van der Waals surface area contributed by atoms with Crippen LogP contribution in [0.15, 0.2) is 0 Å². The summed E-state index contributed by atoms with van der Waals surface area (Å²) in [4.78, 5) is 0. The summed E-state index contributed by atoms with van der Waals surface area (Å²) in [5.41, 5.74) is 0. The number of fused-ring (bicyclic) bond motifs is 1. The van der Waals surface area contributed by atoms with Crippen LogP contribution in [0.5, 0.6) is 0 Å². The molecule has 0 bridgehead atoms. The van der Waals surface area contributed by atoms with Crippen molar-refractivity contribution >= 4 is 8.32 Å². The summed E-state index contributed by atoms with van der Waals surface area (Å²) in [5.74, 6) is -0.774. The lowest BCUT2D eigenvalue weighted by Gasteiger charge is -2.37. The van der Waals surface area contributed by atoms with E-state index in [1.54, 1.807) is 13.8 Å². The van der Waals surface area contributed by atoms with Crippen LogP contribution in [0.2, 0.25) is 18.1 Å². The molecule has 2 aliphatic heterocycles. The van der Waals surface area contributed by atoms with Gasteiger partial charge in [-0.1, -0.05) is 20.8 Å². The van der Waals surface area contributed by atoms with Gasteiger partial charge >= 0.3 is 0 Å². The highest BCUT2D eigenvalue weighted by Crippen LogP contribution is 2.39. The molecular formula is C15H30O6Si. The zero-order chi connectivity index (χ0) is 16.9. The Bertz CT molecular complexity index is 405. The topological polar surface area (TPSA) is 77.4 Å². The van der Waals surface area contributed by atoms with Gasteiger partial charge in [-0.2, -0.15) is 0 Å². The van der Waals surface area contributed by atoms with Gasteiger partial charge in [0.25, 0.3) is 0 Å². The van der Waals surface area contributed by atoms with Gasteiger partial charge in [-0.3, -0.25) is 0 Å². The van der Waals surface area contributed by atoms with Crippen LogP contribution >= 0.6 is 0 Å². The molecule has 0 aromatic carbocycles. The average Bonchev–Trinajstić information content (AvgIpc) is 2.79. The Labute approximate surface area is 133 Å². The summed E-state index contributed by atoms with van der Waals surface area (Å²) in [5, 5.41) is 20.7. The molecule has 0 aliphatic carbocycles. The second-order valence-electron chi connectivity index (χ2n) is 8.20. The molecule has 0 spiro atoms. The summed E-state index contributed by atoms with van der Waals surface area (Å²) in [6.07, 6.45) is -3.80. The number of aliphatic hydroxyl groups is 2. The van der Waals surface area contributed by atoms with Crippen LogP contribution in [0.25, 0.3) is 0 Å². The van der Waals surface area contributed by atoms with Crippen molar-refractivity contribution in [1.29, 1.82) is 0 Å². The van der Waals surface area contributed by atoms with E-state index in [1.165, 1.54) is 0 Å². The maximum Gasteiger partial charge on any atom is 0.192 e. The van der Waals surface area contributed by atoms with Gasteiger partial charge < -0.3 is 28.8 Å². The lowest BCUT2D eigenvalue weighted by Crippen LogP contribution is -2.47. The predicted octanol–water partition coefficient (Wildman–Crippen LogP) is 1.61. The summed E-state index contributed by atoms with van der Waals surface area (Å²) in [6.45, 7) is 14.3. The van der Waals surface area contributed by atoms with Gasteiger partial charge in [0.05, 0.1) is 6.61 Å². The molecule has 2 heterocycles. The number of hydrogen-bond donors (Lipinski definition) is 2. The fraction of sp³-hybridized carbons (Fsp3) is 1.00. The zero-order valence-electron chi connectivity index (χ0n) is 14.6. The molecule has 2 saturated heterocycles. The van der Waals surface area contributed by atoms with E-state index >= 15 is 0 Å². The highest BCUT2D eigenvalue weighted by atomic mass is 28.4. The van der Waals surface area contributed by atoms with Crippen LogP contribution in [-0.4, -0.2) is 61.6 Å². The Balaban J connectivity index is 1.91. The number of rotatable bonds is 4. The molecule has 130 valence electrons. The van der Waals surface area contributed by atoms with E-state index in [-0.39, 0.29) is 11.6 Å². The highest BCUT2D eigenvalue weighted by molar-refractivity contribution is 6.74. The summed E-state index contributed by atoms with van der Waals surface area (Å²) in [7, 11) is -1.95. The lowest BCUT2D eigenvalue weighted by molar-refractivity contribution is -0.227. The van der Waals surface area contributed by atoms with Crippen LogP contribution < -0.4 is 0 Å². The molecule has 22 heavy (non-hydrogen) atoms. The zero-order valence-corrected chi connectivity index (χ0v) is 15.6. The molecule has 2 N–H and O–H groups in total. The number of hydrogen-bond acceptors (Lipinski definition) is 6. The number of ether oxygens (including phenoxy) is 3. The van der Waals surface area contributed by atoms with Crippen molar-refractivity contribution < 1.29 is 28.8 Å². The van der Waals surface area contributed by atoms with E-state index in [1.807, 2.05) is 0 Å². The fourth-order valence-corrected chi connectivity index (χ4v) is 3.46. The Morgan fingerprint density at radius 1 is 1.23 bits per heavy atom. The smallest absolute Gasteiger partial charge is 0.192 e. The first-order valence-electron chi connectivity index (χ1n) is 7.85. The molecule has 0 saturated carbocycles. The minimum atomic E-state index is -1.95. The van der Waals surface area contributed by atoms with Gasteiger partial charge in [-0.05, 0) is 32.0 Å². The first-order valence-corrected chi connectivity index (χ1v) is 10.8. The van der Waals surface area contributed by atoms with Crippen LogP contribution in [0, 0.1) is 0 Å². The first kappa shape index (κ1) is 18.3. The van der Waals surface area contributed by atoms with Crippen LogP contribution in [0.3, 0.4) is 0 Å². The Kier molecular flexibility index (Phi) is 4.83. The standard InChI is InChI=1S/C15H30O6Si/c1-14(2,3)22(6,7)18-8-9(16)11-10(17)12-13(19-11)21-15(4,5)20-12/h9-13,16-17H,8H2,1-7H3/t9-,10-,11-,12-,13-/m1/s1. The SMILES string of the molecule is CC1(C)O[C@H]2O[C@H]([C@H](O)CO[Si](C)(C)C(C)(C)C)[C@@H](O)[C@H]2O1. The second kappa shape index (κ2) is 5.80. The Morgan fingerprint density at radius 2 is 1.82 bits per heavy atom. The summed E-state index contributed by atoms with van der Waals surface area (Å²) >= 11 is 0. The van der Waals surface area contributed by atoms with E-state index < -0.39 is 44.8 Å². The molecule has 2 aliphatic rings. The maximum absolute atomic E-state index is 10.3. The second-order valence-corrected chi connectivity index (χ2v) is 13.0. The molecule has 0 aromatic rings. The molecule has 2 rings (SSSR count). The average molecular weight is 334 g/mol. The molecule has 6 nitrogen and oxygen atoms in total. The predicted molar refractivity (Wildman–Crippen MR) is 83.9 cm³/mol. The minimum Gasteiger partial charge on any atom is -0.414 e. The highest BCUT2D eigenvalue weighted by Gasteiger charge is 2.56. The first-order chi connectivity index (χ1) is 9.84. The van der Waals surface area contributed by atoms with Crippen molar-refractivity contribution in [2.45, 2.75) is 89.2 Å². The van der Waals surface area contributed by atoms with E-state index in [9.17, 15) is 10.2 Å². The molecule has 7 heteroatoms. The monoisotopic (exact) mass is 334 g/mol. The normalized spacial score (nSPS) is 36.4. The number of aliphatic hydroxyl groups excluding tert-OH is 2. The van der Waals surface area contributed by atoms with Gasteiger partial charge in [0.2, 0.25) is 0 Å². The van der Waals surface area contributed by atoms with E-state index in [0.29, 0.717) is 0 Å². The van der Waals surface area contributed by atoms with Crippen LogP contribution in [0.4, 0.5) is 0 Å². The van der Waals surface area contributed by atoms with Crippen molar-refractivity contribution in [3.05, 3.63) is 0 Å². The Morgan fingerprint density at radius 3 is 2.32 bits per heavy atom. The third kappa shape index (κ3) is 3.56. The lowest BCUT2D eigenvalue weighted by atomic mass is 10.1. The Hall–Kier alpha value is -0.0231. The van der Waals surface area contributed by atoms with Gasteiger partial charge in [0.1, 0.15) is 24.4 Å². The van der Waals surface area contributed by atoms with Gasteiger partial charge in [-0.25, -0.2) is 0 Å². The molecule has 2 fully saturated rings. The van der Waals surface area contributed by atoms with Crippen molar-refractivity contribution in [3.8, 4) is 0 Å². The van der Waals surface area contributed by atoms with E-state index in [4.69, 9.17) is 18.6 Å². The summed E-state index contributed by atoms with van der Waals surface area (Å²) in [6, 6.07) is 0.